The van der Waals surface area contributed by atoms with E-state index in [2.05, 4.69) is 39.1 Å². The summed E-state index contributed by atoms with van der Waals surface area (Å²) in [5.74, 6) is 1.90. The van der Waals surface area contributed by atoms with Crippen molar-refractivity contribution in [3.63, 3.8) is 0 Å². The van der Waals surface area contributed by atoms with Gasteiger partial charge < -0.3 is 10.3 Å². The normalized spacial score (nSPS) is 11.4. The molecule has 3 aromatic heterocycles. The smallest absolute Gasteiger partial charge is 0.138 e. The molecular formula is C17H17N5S. The average Bonchev–Trinajstić information content (AvgIpc) is 3.09. The Morgan fingerprint density at radius 3 is 2.91 bits per heavy atom. The fourth-order valence-corrected chi connectivity index (χ4v) is 3.74. The van der Waals surface area contributed by atoms with Crippen LogP contribution in [0.2, 0.25) is 0 Å². The number of aromatic amines is 1. The van der Waals surface area contributed by atoms with Crippen molar-refractivity contribution in [2.45, 2.75) is 20.3 Å². The third-order valence-electron chi connectivity index (χ3n) is 4.06. The number of rotatable bonds is 4. The molecule has 0 aliphatic heterocycles. The van der Waals surface area contributed by atoms with Crippen LogP contribution in [0.5, 0.6) is 0 Å². The monoisotopic (exact) mass is 323 g/mol. The maximum Gasteiger partial charge on any atom is 0.138 e. The van der Waals surface area contributed by atoms with Gasteiger partial charge in [0.1, 0.15) is 22.8 Å². The summed E-state index contributed by atoms with van der Waals surface area (Å²) in [7, 11) is 0. The zero-order valence-corrected chi connectivity index (χ0v) is 13.9. The van der Waals surface area contributed by atoms with Crippen LogP contribution in [-0.2, 0) is 6.42 Å². The highest BCUT2D eigenvalue weighted by Crippen LogP contribution is 2.32. The largest absolute Gasteiger partial charge is 0.369 e. The predicted octanol–water partition coefficient (Wildman–Crippen LogP) is 3.84. The lowest BCUT2D eigenvalue weighted by Gasteiger charge is -2.06. The zero-order valence-electron chi connectivity index (χ0n) is 13.1. The van der Waals surface area contributed by atoms with E-state index in [1.165, 1.54) is 10.4 Å². The highest BCUT2D eigenvalue weighted by Gasteiger charge is 2.11. The second-order valence-electron chi connectivity index (χ2n) is 5.56. The first kappa shape index (κ1) is 14.1. The van der Waals surface area contributed by atoms with E-state index in [9.17, 15) is 0 Å². The number of hydrogen-bond donors (Lipinski definition) is 2. The minimum atomic E-state index is 0.778. The minimum Gasteiger partial charge on any atom is -0.369 e. The van der Waals surface area contributed by atoms with Gasteiger partial charge in [0.05, 0.1) is 16.4 Å². The Morgan fingerprint density at radius 1 is 1.17 bits per heavy atom. The highest BCUT2D eigenvalue weighted by molar-refractivity contribution is 7.18. The summed E-state index contributed by atoms with van der Waals surface area (Å²) in [6.45, 7) is 5.03. The third-order valence-corrected chi connectivity index (χ3v) is 5.17. The summed E-state index contributed by atoms with van der Waals surface area (Å²) in [6, 6.07) is 8.09. The maximum atomic E-state index is 4.60. The minimum absolute atomic E-state index is 0.778. The molecule has 0 saturated carbocycles. The molecule has 6 heteroatoms. The first-order valence-corrected chi connectivity index (χ1v) is 8.42. The lowest BCUT2D eigenvalue weighted by atomic mass is 10.2. The zero-order chi connectivity index (χ0) is 15.8. The molecule has 0 spiro atoms. The number of hydrogen-bond acceptors (Lipinski definition) is 5. The van der Waals surface area contributed by atoms with Crippen LogP contribution in [0.15, 0.2) is 30.6 Å². The molecule has 0 saturated heterocycles. The van der Waals surface area contributed by atoms with Crippen LogP contribution >= 0.6 is 11.3 Å². The highest BCUT2D eigenvalue weighted by atomic mass is 32.1. The van der Waals surface area contributed by atoms with E-state index in [0.29, 0.717) is 0 Å². The molecule has 4 aromatic rings. The van der Waals surface area contributed by atoms with E-state index in [1.807, 2.05) is 24.3 Å². The Labute approximate surface area is 137 Å². The van der Waals surface area contributed by atoms with E-state index in [-0.39, 0.29) is 0 Å². The molecule has 0 amide bonds. The number of imidazole rings is 1. The Morgan fingerprint density at radius 2 is 2.04 bits per heavy atom. The van der Waals surface area contributed by atoms with Crippen molar-refractivity contribution in [3.05, 3.63) is 46.9 Å². The number of thiophene rings is 1. The van der Waals surface area contributed by atoms with Gasteiger partial charge in [0.15, 0.2) is 0 Å². The summed E-state index contributed by atoms with van der Waals surface area (Å²) in [6.07, 6.45) is 2.45. The Bertz CT molecular complexity index is 952. The summed E-state index contributed by atoms with van der Waals surface area (Å²) >= 11 is 1.72. The maximum absolute atomic E-state index is 4.60. The number of fused-ring (bicyclic) bond motifs is 2. The lowest BCUT2D eigenvalue weighted by molar-refractivity contribution is 0.929. The van der Waals surface area contributed by atoms with Crippen LogP contribution in [0.1, 0.15) is 16.3 Å². The second-order valence-corrected chi connectivity index (χ2v) is 6.77. The molecule has 23 heavy (non-hydrogen) atoms. The predicted molar refractivity (Wildman–Crippen MR) is 95.2 cm³/mol. The van der Waals surface area contributed by atoms with Crippen molar-refractivity contribution in [2.24, 2.45) is 0 Å². The number of anilines is 1. The van der Waals surface area contributed by atoms with Crippen molar-refractivity contribution in [1.29, 1.82) is 0 Å². The number of aryl methyl sites for hydroxylation is 2. The Kier molecular flexibility index (Phi) is 3.46. The molecule has 0 radical (unpaired) electrons. The first-order chi connectivity index (χ1) is 11.2. The van der Waals surface area contributed by atoms with Crippen LogP contribution in [0.25, 0.3) is 21.3 Å². The molecule has 5 nitrogen and oxygen atoms in total. The van der Waals surface area contributed by atoms with Gasteiger partial charge in [-0.1, -0.05) is 12.1 Å². The summed E-state index contributed by atoms with van der Waals surface area (Å²) < 4.78 is 0. The van der Waals surface area contributed by atoms with E-state index < -0.39 is 0 Å². The van der Waals surface area contributed by atoms with Crippen LogP contribution < -0.4 is 5.32 Å². The van der Waals surface area contributed by atoms with E-state index in [4.69, 9.17) is 0 Å². The van der Waals surface area contributed by atoms with Gasteiger partial charge >= 0.3 is 0 Å². The van der Waals surface area contributed by atoms with Crippen molar-refractivity contribution in [1.82, 2.24) is 19.9 Å². The SMILES string of the molecule is Cc1sc2ncnc(NCCc3nc4ccccc4[nH]3)c2c1C. The number of nitrogens with zero attached hydrogens (tertiary/aromatic N) is 3. The first-order valence-electron chi connectivity index (χ1n) is 7.60. The molecule has 0 fully saturated rings. The number of H-pyrrole nitrogens is 1. The van der Waals surface area contributed by atoms with Crippen LogP contribution in [-0.4, -0.2) is 26.5 Å². The van der Waals surface area contributed by atoms with Gasteiger partial charge in [-0.15, -0.1) is 11.3 Å². The van der Waals surface area contributed by atoms with E-state index in [0.717, 1.165) is 45.9 Å². The summed E-state index contributed by atoms with van der Waals surface area (Å²) in [5, 5.41) is 4.57. The molecule has 0 aliphatic carbocycles. The number of nitrogens with one attached hydrogen (secondary N) is 2. The molecule has 0 aliphatic rings. The van der Waals surface area contributed by atoms with Gasteiger partial charge in [0.25, 0.3) is 0 Å². The molecule has 116 valence electrons. The quantitative estimate of drug-likeness (QED) is 0.599. The fourth-order valence-electron chi connectivity index (χ4n) is 2.74. The summed E-state index contributed by atoms with van der Waals surface area (Å²) in [4.78, 5) is 19.1. The van der Waals surface area contributed by atoms with Crippen LogP contribution in [0, 0.1) is 13.8 Å². The molecule has 2 N–H and O–H groups in total. The third kappa shape index (κ3) is 2.55. The molecular weight excluding hydrogens is 306 g/mol. The van der Waals surface area contributed by atoms with Crippen molar-refractivity contribution < 1.29 is 0 Å². The fraction of sp³-hybridized carbons (Fsp3) is 0.235. The molecule has 0 unspecified atom stereocenters. The molecule has 0 atom stereocenters. The number of aromatic nitrogens is 4. The van der Waals surface area contributed by atoms with Crippen LogP contribution in [0.3, 0.4) is 0 Å². The van der Waals surface area contributed by atoms with Crippen LogP contribution in [0.4, 0.5) is 5.82 Å². The molecule has 0 bridgehead atoms. The van der Waals surface area contributed by atoms with Gasteiger partial charge in [-0.3, -0.25) is 0 Å². The molecule has 3 heterocycles. The Balaban J connectivity index is 1.53. The van der Waals surface area contributed by atoms with Gasteiger partial charge in [-0.05, 0) is 31.5 Å². The summed E-state index contributed by atoms with van der Waals surface area (Å²) in [5.41, 5.74) is 3.35. The Hall–Kier alpha value is -2.47. The van der Waals surface area contributed by atoms with Gasteiger partial charge in [0.2, 0.25) is 0 Å². The number of benzene rings is 1. The molecule has 1 aromatic carbocycles. The van der Waals surface area contributed by atoms with Crippen molar-refractivity contribution in [3.8, 4) is 0 Å². The number of para-hydroxylation sites is 2. The lowest BCUT2D eigenvalue weighted by Crippen LogP contribution is -2.08. The standard InChI is InChI=1S/C17H17N5S/c1-10-11(2)23-17-15(10)16(19-9-20-17)18-8-7-14-21-12-5-3-4-6-13(12)22-14/h3-6,9H,7-8H2,1-2H3,(H,21,22)(H,18,19,20). The van der Waals surface area contributed by atoms with Gasteiger partial charge in [0, 0.05) is 17.8 Å². The van der Waals surface area contributed by atoms with Crippen molar-refractivity contribution >= 4 is 38.4 Å². The van der Waals surface area contributed by atoms with E-state index in [1.54, 1.807) is 17.7 Å². The van der Waals surface area contributed by atoms with E-state index >= 15 is 0 Å². The van der Waals surface area contributed by atoms with Gasteiger partial charge in [-0.25, -0.2) is 15.0 Å². The second kappa shape index (κ2) is 5.62. The topological polar surface area (TPSA) is 66.5 Å². The average molecular weight is 323 g/mol. The van der Waals surface area contributed by atoms with Crippen molar-refractivity contribution in [2.75, 3.05) is 11.9 Å². The van der Waals surface area contributed by atoms with Gasteiger partial charge in [-0.2, -0.15) is 0 Å². The molecule has 4 rings (SSSR count).